The maximum atomic E-state index is 12.0. The van der Waals surface area contributed by atoms with Gasteiger partial charge in [0.1, 0.15) is 5.54 Å². The number of ether oxygens (including phenoxy) is 1. The van der Waals surface area contributed by atoms with E-state index in [1.54, 1.807) is 13.0 Å². The molecule has 1 rings (SSSR count). The third-order valence-corrected chi connectivity index (χ3v) is 4.06. The first kappa shape index (κ1) is 17.2. The van der Waals surface area contributed by atoms with E-state index in [0.717, 1.165) is 6.42 Å². The largest absolute Gasteiger partial charge is 0.466 e. The van der Waals surface area contributed by atoms with E-state index in [4.69, 9.17) is 10.5 Å². The van der Waals surface area contributed by atoms with Gasteiger partial charge in [0.05, 0.1) is 13.0 Å². The van der Waals surface area contributed by atoms with E-state index in [9.17, 15) is 14.4 Å². The monoisotopic (exact) mass is 296 g/mol. The summed E-state index contributed by atoms with van der Waals surface area (Å²) in [6.45, 7) is 7.09. The summed E-state index contributed by atoms with van der Waals surface area (Å²) in [6.07, 6.45) is 3.62. The van der Waals surface area contributed by atoms with Crippen LogP contribution in [0.2, 0.25) is 0 Å². The lowest BCUT2D eigenvalue weighted by Crippen LogP contribution is -2.64. The molecule has 6 heteroatoms. The molecule has 0 aromatic heterocycles. The van der Waals surface area contributed by atoms with Crippen LogP contribution in [-0.4, -0.2) is 29.9 Å². The van der Waals surface area contributed by atoms with Crippen molar-refractivity contribution in [3.05, 3.63) is 12.7 Å². The number of hydrogen-bond donors (Lipinski definition) is 2. The normalized spacial score (nSPS) is 28.5. The summed E-state index contributed by atoms with van der Waals surface area (Å²) >= 11 is 0. The molecule has 2 amide bonds. The number of hydrogen-bond acceptors (Lipinski definition) is 4. The Morgan fingerprint density at radius 3 is 2.57 bits per heavy atom. The van der Waals surface area contributed by atoms with Crippen molar-refractivity contribution < 1.29 is 19.1 Å². The molecular formula is C15H24N2O4. The second-order valence-electron chi connectivity index (χ2n) is 5.50. The molecule has 0 spiro atoms. The molecule has 0 aromatic rings. The number of amides is 2. The average Bonchev–Trinajstić information content (AvgIpc) is 2.40. The van der Waals surface area contributed by atoms with Crippen LogP contribution in [0.4, 0.5) is 0 Å². The highest BCUT2D eigenvalue weighted by molar-refractivity contribution is 5.91. The Bertz CT molecular complexity index is 435. The van der Waals surface area contributed by atoms with Crippen molar-refractivity contribution in [2.45, 2.75) is 45.1 Å². The van der Waals surface area contributed by atoms with Crippen LogP contribution in [0.5, 0.6) is 0 Å². The van der Waals surface area contributed by atoms with Gasteiger partial charge in [-0.1, -0.05) is 6.08 Å². The Morgan fingerprint density at radius 2 is 2.10 bits per heavy atom. The number of carbonyl (C=O) groups is 3. The zero-order valence-corrected chi connectivity index (χ0v) is 12.7. The van der Waals surface area contributed by atoms with E-state index in [1.165, 1.54) is 6.92 Å². The van der Waals surface area contributed by atoms with E-state index in [0.29, 0.717) is 12.8 Å². The van der Waals surface area contributed by atoms with Gasteiger partial charge in [0, 0.05) is 12.8 Å². The molecule has 1 saturated carbocycles. The second kappa shape index (κ2) is 7.24. The molecule has 1 fully saturated rings. The molecule has 21 heavy (non-hydrogen) atoms. The van der Waals surface area contributed by atoms with E-state index in [1.807, 2.05) is 0 Å². The molecule has 0 radical (unpaired) electrons. The van der Waals surface area contributed by atoms with Gasteiger partial charge in [-0.2, -0.15) is 0 Å². The highest BCUT2D eigenvalue weighted by atomic mass is 16.5. The molecule has 1 aliphatic carbocycles. The molecule has 1 aliphatic rings. The molecule has 0 heterocycles. The predicted octanol–water partition coefficient (Wildman–Crippen LogP) is 0.902. The molecule has 3 N–H and O–H groups in total. The van der Waals surface area contributed by atoms with Gasteiger partial charge in [0.2, 0.25) is 11.8 Å². The maximum absolute atomic E-state index is 12.0. The van der Waals surface area contributed by atoms with Crippen LogP contribution < -0.4 is 11.1 Å². The minimum Gasteiger partial charge on any atom is -0.466 e. The molecule has 118 valence electrons. The van der Waals surface area contributed by atoms with Gasteiger partial charge >= 0.3 is 5.97 Å². The quantitative estimate of drug-likeness (QED) is 0.562. The van der Waals surface area contributed by atoms with Crippen LogP contribution in [-0.2, 0) is 19.1 Å². The van der Waals surface area contributed by atoms with Crippen LogP contribution >= 0.6 is 0 Å². The van der Waals surface area contributed by atoms with Crippen molar-refractivity contribution in [2.24, 2.45) is 17.6 Å². The Labute approximate surface area is 125 Å². The van der Waals surface area contributed by atoms with Gasteiger partial charge in [-0.25, -0.2) is 0 Å². The summed E-state index contributed by atoms with van der Waals surface area (Å²) in [4.78, 5) is 35.3. The number of allylic oxidation sites excluding steroid dienone is 1. The molecule has 0 aromatic carbocycles. The number of nitrogens with two attached hydrogens (primary N) is 1. The Kier molecular flexibility index (Phi) is 5.93. The van der Waals surface area contributed by atoms with Crippen molar-refractivity contribution in [1.82, 2.24) is 5.32 Å². The number of rotatable bonds is 6. The highest BCUT2D eigenvalue weighted by Crippen LogP contribution is 2.39. The molecule has 3 atom stereocenters. The first-order valence-electron chi connectivity index (χ1n) is 7.22. The van der Waals surface area contributed by atoms with Crippen molar-refractivity contribution in [3.63, 3.8) is 0 Å². The Balaban J connectivity index is 3.05. The Morgan fingerprint density at radius 1 is 1.43 bits per heavy atom. The van der Waals surface area contributed by atoms with Gasteiger partial charge in [0.25, 0.3) is 0 Å². The summed E-state index contributed by atoms with van der Waals surface area (Å²) < 4.78 is 4.95. The van der Waals surface area contributed by atoms with Crippen LogP contribution in [0.1, 0.15) is 39.5 Å². The van der Waals surface area contributed by atoms with Gasteiger partial charge in [0.15, 0.2) is 0 Å². The minimum absolute atomic E-state index is 0.0704. The zero-order chi connectivity index (χ0) is 16.0. The van der Waals surface area contributed by atoms with Gasteiger partial charge in [-0.05, 0) is 32.1 Å². The van der Waals surface area contributed by atoms with E-state index < -0.39 is 11.4 Å². The summed E-state index contributed by atoms with van der Waals surface area (Å²) in [6, 6.07) is 0. The zero-order valence-electron chi connectivity index (χ0n) is 12.7. The maximum Gasteiger partial charge on any atom is 0.306 e. The van der Waals surface area contributed by atoms with E-state index in [-0.39, 0.29) is 36.7 Å². The third kappa shape index (κ3) is 4.06. The third-order valence-electron chi connectivity index (χ3n) is 4.06. The molecule has 0 aliphatic heterocycles. The standard InChI is InChI=1S/C15H24N2O4/c1-4-11-6-7-12(8-13(19)21-5-2)15(9-11,14(16)20)17-10(3)18/h4,11-12H,1,5-9H2,2-3H3,(H2,16,20)(H,17,18)/t11-,12?,15?/m1/s1. The number of primary amides is 1. The van der Waals surface area contributed by atoms with Crippen molar-refractivity contribution in [3.8, 4) is 0 Å². The van der Waals surface area contributed by atoms with Gasteiger partial charge in [-0.3, -0.25) is 14.4 Å². The van der Waals surface area contributed by atoms with Crippen molar-refractivity contribution in [2.75, 3.05) is 6.61 Å². The van der Waals surface area contributed by atoms with Crippen LogP contribution in [0.3, 0.4) is 0 Å². The number of nitrogens with one attached hydrogen (secondary N) is 1. The Hall–Kier alpha value is -1.85. The lowest BCUT2D eigenvalue weighted by molar-refractivity contribution is -0.147. The summed E-state index contributed by atoms with van der Waals surface area (Å²) in [5.41, 5.74) is 4.35. The van der Waals surface area contributed by atoms with Crippen molar-refractivity contribution in [1.29, 1.82) is 0 Å². The second-order valence-corrected chi connectivity index (χ2v) is 5.50. The predicted molar refractivity (Wildman–Crippen MR) is 78.0 cm³/mol. The lowest BCUT2D eigenvalue weighted by Gasteiger charge is -2.44. The average molecular weight is 296 g/mol. The fourth-order valence-corrected chi connectivity index (χ4v) is 3.07. The van der Waals surface area contributed by atoms with Crippen molar-refractivity contribution >= 4 is 17.8 Å². The van der Waals surface area contributed by atoms with Crippen LogP contribution in [0.25, 0.3) is 0 Å². The topological polar surface area (TPSA) is 98.5 Å². The first-order valence-corrected chi connectivity index (χ1v) is 7.22. The van der Waals surface area contributed by atoms with Gasteiger partial charge < -0.3 is 15.8 Å². The molecule has 6 nitrogen and oxygen atoms in total. The fraction of sp³-hybridized carbons (Fsp3) is 0.667. The molecule has 0 bridgehead atoms. The summed E-state index contributed by atoms with van der Waals surface area (Å²) in [5.74, 6) is -1.60. The highest BCUT2D eigenvalue weighted by Gasteiger charge is 2.49. The minimum atomic E-state index is -1.21. The summed E-state index contributed by atoms with van der Waals surface area (Å²) in [7, 11) is 0. The smallest absolute Gasteiger partial charge is 0.306 e. The van der Waals surface area contributed by atoms with Gasteiger partial charge in [-0.15, -0.1) is 6.58 Å². The summed E-state index contributed by atoms with van der Waals surface area (Å²) in [5, 5.41) is 2.69. The first-order chi connectivity index (χ1) is 9.85. The number of carbonyl (C=O) groups excluding carboxylic acids is 3. The van der Waals surface area contributed by atoms with E-state index in [2.05, 4.69) is 11.9 Å². The molecular weight excluding hydrogens is 272 g/mol. The molecule has 2 unspecified atom stereocenters. The lowest BCUT2D eigenvalue weighted by atomic mass is 9.66. The van der Waals surface area contributed by atoms with Crippen LogP contribution in [0, 0.1) is 11.8 Å². The molecule has 0 saturated heterocycles. The SMILES string of the molecule is C=C[C@@H]1CCC(CC(=O)OCC)C(NC(C)=O)(C(N)=O)C1. The fourth-order valence-electron chi connectivity index (χ4n) is 3.07. The van der Waals surface area contributed by atoms with Crippen LogP contribution in [0.15, 0.2) is 12.7 Å². The van der Waals surface area contributed by atoms with E-state index >= 15 is 0 Å². The number of esters is 1.